The summed E-state index contributed by atoms with van der Waals surface area (Å²) >= 11 is 0. The molecule has 1 aromatic rings. The van der Waals surface area contributed by atoms with Gasteiger partial charge < -0.3 is 9.64 Å². The van der Waals surface area contributed by atoms with E-state index in [0.717, 1.165) is 12.8 Å². The monoisotopic (exact) mass is 324 g/mol. The van der Waals surface area contributed by atoms with Gasteiger partial charge in [-0.1, -0.05) is 18.2 Å². The molecule has 1 aromatic carbocycles. The summed E-state index contributed by atoms with van der Waals surface area (Å²) in [5.41, 5.74) is 2.45. The number of nitrogens with zero attached hydrogens (tertiary/aromatic N) is 2. The molecule has 3 rings (SSSR count). The minimum atomic E-state index is -3.13. The van der Waals surface area contributed by atoms with Crippen LogP contribution in [0, 0.1) is 0 Å². The number of anilines is 1. The Labute approximate surface area is 132 Å². The van der Waals surface area contributed by atoms with Crippen LogP contribution in [0.1, 0.15) is 32.3 Å². The van der Waals surface area contributed by atoms with Gasteiger partial charge >= 0.3 is 0 Å². The van der Waals surface area contributed by atoms with E-state index in [1.165, 1.54) is 11.3 Å². The molecule has 22 heavy (non-hydrogen) atoms. The first-order valence-corrected chi connectivity index (χ1v) is 9.41. The van der Waals surface area contributed by atoms with Gasteiger partial charge in [-0.2, -0.15) is 0 Å². The van der Waals surface area contributed by atoms with Crippen molar-refractivity contribution in [3.05, 3.63) is 29.8 Å². The number of piperidine rings is 1. The molecule has 122 valence electrons. The van der Waals surface area contributed by atoms with E-state index in [2.05, 4.69) is 23.1 Å². The fourth-order valence-electron chi connectivity index (χ4n) is 3.25. The van der Waals surface area contributed by atoms with Gasteiger partial charge in [0.05, 0.1) is 11.9 Å². The fraction of sp³-hybridized carbons (Fsp3) is 0.625. The molecule has 2 aliphatic rings. The van der Waals surface area contributed by atoms with Crippen LogP contribution < -0.4 is 4.90 Å². The van der Waals surface area contributed by atoms with Crippen LogP contribution >= 0.6 is 0 Å². The zero-order valence-electron chi connectivity index (χ0n) is 13.2. The molecule has 0 amide bonds. The van der Waals surface area contributed by atoms with Gasteiger partial charge in [0.1, 0.15) is 6.73 Å². The molecule has 2 heterocycles. The Kier molecular flexibility index (Phi) is 4.43. The Morgan fingerprint density at radius 3 is 2.55 bits per heavy atom. The summed E-state index contributed by atoms with van der Waals surface area (Å²) in [5, 5.41) is -0.344. The summed E-state index contributed by atoms with van der Waals surface area (Å²) < 4.78 is 31.8. The molecular formula is C16H24N2O3S. The maximum Gasteiger partial charge on any atom is 0.216 e. The predicted molar refractivity (Wildman–Crippen MR) is 87.2 cm³/mol. The molecule has 0 bridgehead atoms. The lowest BCUT2D eigenvalue weighted by Gasteiger charge is -2.41. The van der Waals surface area contributed by atoms with Crippen LogP contribution in [0.3, 0.4) is 0 Å². The van der Waals surface area contributed by atoms with E-state index in [0.29, 0.717) is 32.5 Å². The highest BCUT2D eigenvalue weighted by atomic mass is 32.2. The smallest absolute Gasteiger partial charge is 0.216 e. The number of ether oxygens (including phenoxy) is 1. The van der Waals surface area contributed by atoms with Gasteiger partial charge in [0, 0.05) is 30.4 Å². The lowest BCUT2D eigenvalue weighted by atomic mass is 10.0. The van der Waals surface area contributed by atoms with Crippen molar-refractivity contribution in [2.45, 2.75) is 44.6 Å². The van der Waals surface area contributed by atoms with E-state index < -0.39 is 10.0 Å². The third kappa shape index (κ3) is 2.87. The minimum Gasteiger partial charge on any atom is -0.356 e. The van der Waals surface area contributed by atoms with Crippen molar-refractivity contribution in [3.8, 4) is 0 Å². The maximum absolute atomic E-state index is 12.3. The molecule has 1 fully saturated rings. The van der Waals surface area contributed by atoms with Crippen molar-refractivity contribution in [2.24, 2.45) is 0 Å². The lowest BCUT2D eigenvalue weighted by Crippen LogP contribution is -2.49. The summed E-state index contributed by atoms with van der Waals surface area (Å²) in [6.45, 7) is 5.95. The van der Waals surface area contributed by atoms with Gasteiger partial charge in [-0.3, -0.25) is 0 Å². The van der Waals surface area contributed by atoms with Gasteiger partial charge in [-0.15, -0.1) is 0 Å². The van der Waals surface area contributed by atoms with Crippen molar-refractivity contribution < 1.29 is 13.2 Å². The van der Waals surface area contributed by atoms with Gasteiger partial charge in [-0.05, 0) is 32.8 Å². The zero-order valence-corrected chi connectivity index (χ0v) is 14.1. The van der Waals surface area contributed by atoms with Crippen LogP contribution in [-0.2, 0) is 21.4 Å². The Morgan fingerprint density at radius 1 is 1.18 bits per heavy atom. The van der Waals surface area contributed by atoms with E-state index in [4.69, 9.17) is 4.74 Å². The normalized spacial score (nSPS) is 21.1. The van der Waals surface area contributed by atoms with Crippen molar-refractivity contribution in [2.75, 3.05) is 24.7 Å². The first-order valence-electron chi connectivity index (χ1n) is 7.91. The van der Waals surface area contributed by atoms with Gasteiger partial charge in [0.25, 0.3) is 0 Å². The molecule has 0 aliphatic carbocycles. The van der Waals surface area contributed by atoms with E-state index in [9.17, 15) is 8.42 Å². The lowest BCUT2D eigenvalue weighted by molar-refractivity contribution is 0.0987. The molecular weight excluding hydrogens is 300 g/mol. The van der Waals surface area contributed by atoms with Crippen LogP contribution in [0.25, 0.3) is 0 Å². The van der Waals surface area contributed by atoms with Crippen molar-refractivity contribution in [3.63, 3.8) is 0 Å². The number of benzene rings is 1. The Balaban J connectivity index is 1.71. The second-order valence-corrected chi connectivity index (χ2v) is 8.79. The Hall–Kier alpha value is -1.11. The molecule has 1 saturated heterocycles. The molecule has 2 aliphatic heterocycles. The van der Waals surface area contributed by atoms with Crippen LogP contribution in [-0.4, -0.2) is 43.8 Å². The molecule has 0 N–H and O–H groups in total. The number of para-hydroxylation sites is 1. The molecule has 0 aromatic heterocycles. The number of hydrogen-bond acceptors (Lipinski definition) is 4. The van der Waals surface area contributed by atoms with E-state index in [1.807, 2.05) is 6.07 Å². The topological polar surface area (TPSA) is 49.9 Å². The minimum absolute atomic E-state index is 0.344. The van der Waals surface area contributed by atoms with E-state index in [1.54, 1.807) is 18.2 Å². The molecule has 0 atom stereocenters. The standard InChI is InChI=1S/C16H24N2O3S/c1-13(2)22(19,20)17-9-7-15(8-10-17)18-12-21-11-14-5-3-4-6-16(14)18/h3-6,13,15H,7-12H2,1-2H3. The quantitative estimate of drug-likeness (QED) is 0.855. The predicted octanol–water partition coefficient (Wildman–Crippen LogP) is 2.18. The van der Waals surface area contributed by atoms with Crippen LogP contribution in [0.5, 0.6) is 0 Å². The average molecular weight is 324 g/mol. The summed E-state index contributed by atoms with van der Waals surface area (Å²) in [6.07, 6.45) is 1.70. The molecule has 0 saturated carbocycles. The first-order chi connectivity index (χ1) is 10.5. The van der Waals surface area contributed by atoms with Crippen LogP contribution in [0.4, 0.5) is 5.69 Å². The molecule has 0 spiro atoms. The number of fused-ring (bicyclic) bond motifs is 1. The number of sulfonamides is 1. The number of hydrogen-bond donors (Lipinski definition) is 0. The van der Waals surface area contributed by atoms with Gasteiger partial charge in [0.15, 0.2) is 0 Å². The summed E-state index contributed by atoms with van der Waals surface area (Å²) in [5.74, 6) is 0. The molecule has 0 unspecified atom stereocenters. The van der Waals surface area contributed by atoms with Crippen molar-refractivity contribution in [1.29, 1.82) is 0 Å². The fourth-order valence-corrected chi connectivity index (χ4v) is 4.56. The van der Waals surface area contributed by atoms with E-state index >= 15 is 0 Å². The van der Waals surface area contributed by atoms with Gasteiger partial charge in [-0.25, -0.2) is 12.7 Å². The average Bonchev–Trinajstić information content (AvgIpc) is 2.54. The maximum atomic E-state index is 12.3. The van der Waals surface area contributed by atoms with E-state index in [-0.39, 0.29) is 5.25 Å². The Bertz CT molecular complexity index is 622. The van der Waals surface area contributed by atoms with Gasteiger partial charge in [0.2, 0.25) is 10.0 Å². The number of rotatable bonds is 3. The Morgan fingerprint density at radius 2 is 1.86 bits per heavy atom. The molecule has 0 radical (unpaired) electrons. The highest BCUT2D eigenvalue weighted by Gasteiger charge is 2.33. The largest absolute Gasteiger partial charge is 0.356 e. The first kappa shape index (κ1) is 15.8. The van der Waals surface area contributed by atoms with Crippen LogP contribution in [0.15, 0.2) is 24.3 Å². The molecule has 5 nitrogen and oxygen atoms in total. The van der Waals surface area contributed by atoms with Crippen molar-refractivity contribution in [1.82, 2.24) is 4.31 Å². The SMILES string of the molecule is CC(C)S(=O)(=O)N1CCC(N2COCc3ccccc32)CC1. The highest BCUT2D eigenvalue weighted by molar-refractivity contribution is 7.89. The third-order valence-corrected chi connectivity index (χ3v) is 6.89. The summed E-state index contributed by atoms with van der Waals surface area (Å²) in [4.78, 5) is 2.29. The zero-order chi connectivity index (χ0) is 15.7. The van der Waals surface area contributed by atoms with Crippen molar-refractivity contribution >= 4 is 15.7 Å². The molecule has 6 heteroatoms. The second-order valence-electron chi connectivity index (χ2n) is 6.30. The summed E-state index contributed by atoms with van der Waals surface area (Å²) in [7, 11) is -3.13. The van der Waals surface area contributed by atoms with Crippen LogP contribution in [0.2, 0.25) is 0 Å². The summed E-state index contributed by atoms with van der Waals surface area (Å²) in [6, 6.07) is 8.66. The highest BCUT2D eigenvalue weighted by Crippen LogP contribution is 2.31. The second kappa shape index (κ2) is 6.18. The third-order valence-electron chi connectivity index (χ3n) is 4.61.